The van der Waals surface area contributed by atoms with E-state index in [-0.39, 0.29) is 12.8 Å². The van der Waals surface area contributed by atoms with Crippen molar-refractivity contribution < 1.29 is 25.9 Å². The predicted octanol–water partition coefficient (Wildman–Crippen LogP) is 11.8. The zero-order chi connectivity index (χ0) is 35.3. The highest BCUT2D eigenvalue weighted by atomic mass is 35.5. The van der Waals surface area contributed by atoms with E-state index in [0.29, 0.717) is 12.8 Å². The maximum Gasteiger partial charge on any atom is 0.306 e. The molecule has 0 aliphatic carbocycles. The Hall–Kier alpha value is -1.55. The summed E-state index contributed by atoms with van der Waals surface area (Å²) in [6.45, 7) is 1.07. The maximum absolute atomic E-state index is 12.5. The third kappa shape index (κ3) is 31.4. The molecule has 0 saturated carbocycles. The molecule has 0 spiro atoms. The first kappa shape index (κ1) is 31.9. The van der Waals surface area contributed by atoms with Gasteiger partial charge in [-0.25, -0.2) is 0 Å². The Balaban J connectivity index is 4.29. The summed E-state index contributed by atoms with van der Waals surface area (Å²) in [6, 6.07) is 0. The number of carbonyl (C=O) groups excluding carboxylic acids is 2. The highest BCUT2D eigenvalue weighted by Crippen LogP contribution is 2.14. The van der Waals surface area contributed by atoms with Gasteiger partial charge in [0.1, 0.15) is 12.6 Å². The summed E-state index contributed by atoms with van der Waals surface area (Å²) < 4.78 is 50.1. The fraction of sp³-hybridized carbons (Fsp3) is 0.784. The molecule has 0 rings (SSSR count). The second kappa shape index (κ2) is 33.9. The largest absolute Gasteiger partial charge is 0.462 e. The average Bonchev–Trinajstić information content (AvgIpc) is 3.00. The highest BCUT2D eigenvalue weighted by Gasteiger charge is 2.16. The molecule has 0 fully saturated rings. The van der Waals surface area contributed by atoms with Crippen LogP contribution in [-0.2, 0) is 19.1 Å². The number of hydrogen-bond acceptors (Lipinski definition) is 4. The molecule has 0 aromatic rings. The first-order valence-corrected chi connectivity index (χ1v) is 17.4. The van der Waals surface area contributed by atoms with Crippen LogP contribution in [0, 0.1) is 0 Å². The zero-order valence-electron chi connectivity index (χ0n) is 31.9. The molecule has 0 heterocycles. The lowest BCUT2D eigenvalue weighted by Gasteiger charge is -2.15. The van der Waals surface area contributed by atoms with Crippen LogP contribution < -0.4 is 0 Å². The van der Waals surface area contributed by atoms with Crippen molar-refractivity contribution in [3.8, 4) is 0 Å². The Kier molecular flexibility index (Phi) is 25.8. The molecule has 0 radical (unpaired) electrons. The van der Waals surface area contributed by atoms with E-state index >= 15 is 0 Å². The third-order valence-corrected chi connectivity index (χ3v) is 7.25. The first-order valence-electron chi connectivity index (χ1n) is 19.5. The second-order valence-electron chi connectivity index (χ2n) is 11.1. The predicted molar refractivity (Wildman–Crippen MR) is 181 cm³/mol. The third-order valence-electron chi connectivity index (χ3n) is 7.08. The van der Waals surface area contributed by atoms with Crippen molar-refractivity contribution in [2.24, 2.45) is 0 Å². The molecule has 0 aromatic heterocycles. The van der Waals surface area contributed by atoms with Gasteiger partial charge in [0.05, 0.1) is 9.94 Å². The standard InChI is InChI=1S/C37H65ClO4/c1-3-5-7-9-11-13-15-17-18-20-22-24-26-28-30-32-37(40)42-35(33-38)34-41-36(39)31-29-27-25-23-21-19-16-14-12-10-8-6-4-2/h5,7,11,13,17-18,35H,3-4,6,8-10,12,14-16,19-34H2,1-2H3/b7-5-,13-11-,18-17-/i33D2,34D2,35D. The van der Waals surface area contributed by atoms with Gasteiger partial charge in [-0.1, -0.05) is 147 Å². The summed E-state index contributed by atoms with van der Waals surface area (Å²) in [5, 5.41) is 0. The van der Waals surface area contributed by atoms with Crippen molar-refractivity contribution >= 4 is 23.5 Å². The number of alkyl halides is 1. The zero-order valence-corrected chi connectivity index (χ0v) is 27.7. The number of esters is 2. The van der Waals surface area contributed by atoms with Gasteiger partial charge in [0.2, 0.25) is 0 Å². The van der Waals surface area contributed by atoms with Crippen LogP contribution >= 0.6 is 11.6 Å². The van der Waals surface area contributed by atoms with Crippen molar-refractivity contribution in [3.63, 3.8) is 0 Å². The van der Waals surface area contributed by atoms with Crippen LogP contribution in [0.15, 0.2) is 36.5 Å². The Labute approximate surface area is 272 Å². The van der Waals surface area contributed by atoms with Crippen molar-refractivity contribution in [2.75, 3.05) is 12.4 Å². The lowest BCUT2D eigenvalue weighted by molar-refractivity contribution is -0.157. The van der Waals surface area contributed by atoms with E-state index in [4.69, 9.17) is 27.9 Å². The summed E-state index contributed by atoms with van der Waals surface area (Å²) in [5.41, 5.74) is 0. The van der Waals surface area contributed by atoms with Gasteiger partial charge < -0.3 is 9.47 Å². The smallest absolute Gasteiger partial charge is 0.306 e. The molecule has 4 nitrogen and oxygen atoms in total. The molecule has 5 heteroatoms. The van der Waals surface area contributed by atoms with E-state index in [1.807, 2.05) is 0 Å². The average molecular weight is 614 g/mol. The van der Waals surface area contributed by atoms with Gasteiger partial charge in [0.25, 0.3) is 0 Å². The van der Waals surface area contributed by atoms with E-state index in [1.54, 1.807) is 0 Å². The lowest BCUT2D eigenvalue weighted by Crippen LogP contribution is -2.26. The van der Waals surface area contributed by atoms with E-state index in [2.05, 4.69) is 50.3 Å². The van der Waals surface area contributed by atoms with E-state index in [0.717, 1.165) is 77.0 Å². The van der Waals surface area contributed by atoms with Crippen molar-refractivity contribution in [1.29, 1.82) is 0 Å². The van der Waals surface area contributed by atoms with Gasteiger partial charge in [-0.15, -0.1) is 11.6 Å². The molecule has 0 amide bonds. The molecule has 0 N–H and O–H groups in total. The van der Waals surface area contributed by atoms with E-state index in [9.17, 15) is 9.59 Å². The number of hydrogen-bond donors (Lipinski definition) is 0. The Bertz CT molecular complexity index is 888. The molecule has 1 atom stereocenters. The number of unbranched alkanes of at least 4 members (excludes halogenated alkanes) is 17. The summed E-state index contributed by atoms with van der Waals surface area (Å²) in [7, 11) is 0. The van der Waals surface area contributed by atoms with Gasteiger partial charge >= 0.3 is 11.9 Å². The van der Waals surface area contributed by atoms with Crippen LogP contribution in [0.2, 0.25) is 0 Å². The minimum Gasteiger partial charge on any atom is -0.462 e. The maximum atomic E-state index is 12.5. The number of halogens is 1. The summed E-state index contributed by atoms with van der Waals surface area (Å²) in [4.78, 5) is 24.9. The molecular formula is C37H65ClO4. The number of carbonyl (C=O) groups is 2. The Morgan fingerprint density at radius 3 is 1.62 bits per heavy atom. The van der Waals surface area contributed by atoms with Crippen molar-refractivity contribution in [1.82, 2.24) is 0 Å². The SMILES string of the molecule is [2H]C([2H])(Cl)C([2H])(OC(=O)CCCCCCC/C=C\C/C=C\C/C=C\CC)C([2H])([2H])OC(=O)CCCCCCCCCCCCCCC. The lowest BCUT2D eigenvalue weighted by atomic mass is 10.0. The minimum atomic E-state index is -3.28. The molecule has 0 saturated heterocycles. The van der Waals surface area contributed by atoms with Crippen molar-refractivity contribution in [3.05, 3.63) is 36.5 Å². The summed E-state index contributed by atoms with van der Waals surface area (Å²) >= 11 is 5.71. The quantitative estimate of drug-likeness (QED) is 0.0337. The summed E-state index contributed by atoms with van der Waals surface area (Å²) in [5.74, 6) is -5.02. The van der Waals surface area contributed by atoms with E-state index in [1.165, 1.54) is 51.4 Å². The molecule has 42 heavy (non-hydrogen) atoms. The Morgan fingerprint density at radius 2 is 1.10 bits per heavy atom. The van der Waals surface area contributed by atoms with Gasteiger partial charge in [-0.05, 0) is 44.9 Å². The normalized spacial score (nSPS) is 15.7. The second-order valence-corrected chi connectivity index (χ2v) is 11.3. The molecule has 0 aliphatic heterocycles. The number of ether oxygens (including phenoxy) is 2. The topological polar surface area (TPSA) is 52.6 Å². The molecule has 0 aromatic carbocycles. The van der Waals surface area contributed by atoms with Gasteiger partial charge in [-0.2, -0.15) is 0 Å². The number of rotatable bonds is 31. The van der Waals surface area contributed by atoms with Crippen LogP contribution in [0.1, 0.15) is 175 Å². The molecule has 0 aliphatic rings. The Morgan fingerprint density at radius 1 is 0.643 bits per heavy atom. The fourth-order valence-electron chi connectivity index (χ4n) is 4.55. The van der Waals surface area contributed by atoms with Gasteiger partial charge in [0, 0.05) is 15.6 Å². The van der Waals surface area contributed by atoms with Crippen LogP contribution in [0.25, 0.3) is 0 Å². The van der Waals surface area contributed by atoms with Crippen LogP contribution in [0.5, 0.6) is 0 Å². The molecular weight excluding hydrogens is 544 g/mol. The van der Waals surface area contributed by atoms with E-state index < -0.39 is 30.4 Å². The molecule has 1 unspecified atom stereocenters. The van der Waals surface area contributed by atoms with Crippen LogP contribution in [-0.4, -0.2) is 30.4 Å². The molecule has 244 valence electrons. The molecule has 0 bridgehead atoms. The minimum absolute atomic E-state index is 0.0731. The van der Waals surface area contributed by atoms with Gasteiger partial charge in [0.15, 0.2) is 0 Å². The fourth-order valence-corrected chi connectivity index (χ4v) is 4.63. The number of allylic oxidation sites excluding steroid dienone is 6. The van der Waals surface area contributed by atoms with Crippen LogP contribution in [0.3, 0.4) is 0 Å². The summed E-state index contributed by atoms with van der Waals surface area (Å²) in [6.07, 6.45) is 32.5. The van der Waals surface area contributed by atoms with Gasteiger partial charge in [-0.3, -0.25) is 9.59 Å². The first-order chi connectivity index (χ1) is 22.4. The monoisotopic (exact) mass is 613 g/mol. The van der Waals surface area contributed by atoms with Crippen molar-refractivity contribution in [2.45, 2.75) is 174 Å². The highest BCUT2D eigenvalue weighted by molar-refractivity contribution is 6.18. The van der Waals surface area contributed by atoms with Crippen LogP contribution in [0.4, 0.5) is 0 Å².